The Hall–Kier alpha value is -2.38. The predicted octanol–water partition coefficient (Wildman–Crippen LogP) is 4.48. The number of hydrogen-bond acceptors (Lipinski definition) is 5. The first kappa shape index (κ1) is 22.9. The molecule has 1 heterocycles. The van der Waals surface area contributed by atoms with Crippen molar-refractivity contribution in [3.05, 3.63) is 50.9 Å². The predicted molar refractivity (Wildman–Crippen MR) is 115 cm³/mol. The van der Waals surface area contributed by atoms with Gasteiger partial charge in [0.1, 0.15) is 5.00 Å². The molecule has 0 saturated heterocycles. The average molecular weight is 437 g/mol. The number of thiophene rings is 1. The average Bonchev–Trinajstić information content (AvgIpc) is 2.92. The van der Waals surface area contributed by atoms with Crippen LogP contribution in [0.3, 0.4) is 0 Å². The van der Waals surface area contributed by atoms with Gasteiger partial charge < -0.3 is 15.4 Å². The third-order valence-electron chi connectivity index (χ3n) is 4.23. The lowest BCUT2D eigenvalue weighted by molar-refractivity contribution is -0.124. The number of carbonyl (C=O) groups is 3. The van der Waals surface area contributed by atoms with Crippen LogP contribution in [0.15, 0.2) is 24.3 Å². The van der Waals surface area contributed by atoms with Crippen molar-refractivity contribution in [3.8, 4) is 0 Å². The van der Waals surface area contributed by atoms with Crippen LogP contribution in [-0.2, 0) is 20.9 Å². The molecule has 0 radical (unpaired) electrons. The first-order valence-corrected chi connectivity index (χ1v) is 10.3. The third-order valence-corrected chi connectivity index (χ3v) is 5.61. The van der Waals surface area contributed by atoms with Gasteiger partial charge in [-0.2, -0.15) is 0 Å². The molecule has 0 unspecified atom stereocenters. The summed E-state index contributed by atoms with van der Waals surface area (Å²) < 4.78 is 5.18. The van der Waals surface area contributed by atoms with Crippen LogP contribution >= 0.6 is 22.9 Å². The van der Waals surface area contributed by atoms with Gasteiger partial charge in [0.15, 0.2) is 6.61 Å². The third kappa shape index (κ3) is 6.30. The van der Waals surface area contributed by atoms with E-state index in [0.717, 1.165) is 16.0 Å². The summed E-state index contributed by atoms with van der Waals surface area (Å²) >= 11 is 7.14. The molecule has 0 fully saturated rings. The fraction of sp³-hybridized carbons (Fsp3) is 0.381. The smallest absolute Gasteiger partial charge is 0.341 e. The van der Waals surface area contributed by atoms with Crippen LogP contribution < -0.4 is 10.6 Å². The van der Waals surface area contributed by atoms with Crippen LogP contribution in [-0.4, -0.2) is 24.4 Å². The van der Waals surface area contributed by atoms with Crippen LogP contribution in [0.2, 0.25) is 5.02 Å². The fourth-order valence-electron chi connectivity index (χ4n) is 2.31. The first-order chi connectivity index (χ1) is 13.5. The summed E-state index contributed by atoms with van der Waals surface area (Å²) in [6.45, 7) is 8.92. The summed E-state index contributed by atoms with van der Waals surface area (Å²) in [5.41, 5.74) is 1.29. The van der Waals surface area contributed by atoms with Crippen molar-refractivity contribution in [1.82, 2.24) is 5.32 Å². The molecule has 2 N–H and O–H groups in total. The first-order valence-electron chi connectivity index (χ1n) is 9.08. The van der Waals surface area contributed by atoms with Crippen molar-refractivity contribution in [1.29, 1.82) is 0 Å². The summed E-state index contributed by atoms with van der Waals surface area (Å²) in [5.74, 6) is -1.26. The Kier molecular flexibility index (Phi) is 7.43. The Morgan fingerprint density at radius 3 is 2.31 bits per heavy atom. The highest BCUT2D eigenvalue weighted by molar-refractivity contribution is 7.16. The Balaban J connectivity index is 1.98. The largest absolute Gasteiger partial charge is 0.452 e. The van der Waals surface area contributed by atoms with Crippen molar-refractivity contribution in [2.45, 2.75) is 41.2 Å². The molecule has 0 aliphatic carbocycles. The molecule has 1 aromatic heterocycles. The minimum absolute atomic E-state index is 0.200. The summed E-state index contributed by atoms with van der Waals surface area (Å²) in [6.07, 6.45) is 0. The molecule has 0 saturated carbocycles. The second-order valence-corrected chi connectivity index (χ2v) is 9.33. The van der Waals surface area contributed by atoms with Gasteiger partial charge in [0, 0.05) is 21.9 Å². The number of carbonyl (C=O) groups excluding carboxylic acids is 3. The number of halogens is 1. The highest BCUT2D eigenvalue weighted by atomic mass is 35.5. The van der Waals surface area contributed by atoms with Crippen molar-refractivity contribution in [3.63, 3.8) is 0 Å². The van der Waals surface area contributed by atoms with E-state index in [2.05, 4.69) is 10.6 Å². The zero-order chi connectivity index (χ0) is 21.8. The Labute approximate surface area is 179 Å². The lowest BCUT2D eigenvalue weighted by Gasteiger charge is -2.17. The van der Waals surface area contributed by atoms with Crippen LogP contribution in [0.1, 0.15) is 47.1 Å². The molecular formula is C21H25ClN2O4S. The van der Waals surface area contributed by atoms with Gasteiger partial charge in [0.25, 0.3) is 5.91 Å². The Morgan fingerprint density at radius 2 is 1.72 bits per heavy atom. The van der Waals surface area contributed by atoms with E-state index in [1.54, 1.807) is 52.0 Å². The summed E-state index contributed by atoms with van der Waals surface area (Å²) in [4.78, 5) is 37.8. The van der Waals surface area contributed by atoms with Gasteiger partial charge in [-0.15, -0.1) is 11.3 Å². The minimum Gasteiger partial charge on any atom is -0.452 e. The van der Waals surface area contributed by atoms with E-state index >= 15 is 0 Å². The molecule has 1 aromatic carbocycles. The maximum atomic E-state index is 12.6. The molecule has 2 rings (SSSR count). The number of ether oxygens (including phenoxy) is 1. The number of hydrogen-bond donors (Lipinski definition) is 2. The molecule has 8 heteroatoms. The Bertz CT molecular complexity index is 914. The van der Waals surface area contributed by atoms with E-state index < -0.39 is 23.9 Å². The van der Waals surface area contributed by atoms with Crippen molar-refractivity contribution >= 4 is 45.7 Å². The lowest BCUT2D eigenvalue weighted by atomic mass is 9.96. The highest BCUT2D eigenvalue weighted by Gasteiger charge is 2.27. The van der Waals surface area contributed by atoms with Crippen molar-refractivity contribution in [2.24, 2.45) is 5.41 Å². The summed E-state index contributed by atoms with van der Waals surface area (Å²) in [6, 6.07) is 7.07. The fourth-order valence-corrected chi connectivity index (χ4v) is 3.48. The van der Waals surface area contributed by atoms with Gasteiger partial charge in [0.2, 0.25) is 5.91 Å². The van der Waals surface area contributed by atoms with Crippen LogP contribution in [0.25, 0.3) is 0 Å². The maximum absolute atomic E-state index is 12.6. The second kappa shape index (κ2) is 9.41. The maximum Gasteiger partial charge on any atom is 0.341 e. The zero-order valence-corrected chi connectivity index (χ0v) is 18.7. The number of aryl methyl sites for hydroxylation is 1. The standard InChI is InChI=1S/C21H25ClN2O4S/c1-12-13(2)29-18(24-20(27)21(3,4)5)17(12)19(26)28-11-16(25)23-10-14-6-8-15(22)9-7-14/h6-9H,10-11H2,1-5H3,(H,23,25)(H,24,27). The van der Waals surface area contributed by atoms with Gasteiger partial charge >= 0.3 is 5.97 Å². The molecule has 2 amide bonds. The molecule has 0 aliphatic heterocycles. The van der Waals surface area contributed by atoms with Gasteiger partial charge in [-0.3, -0.25) is 9.59 Å². The van der Waals surface area contributed by atoms with E-state index in [1.807, 2.05) is 6.92 Å². The lowest BCUT2D eigenvalue weighted by Crippen LogP contribution is -2.29. The van der Waals surface area contributed by atoms with Crippen molar-refractivity contribution < 1.29 is 19.1 Å². The van der Waals surface area contributed by atoms with Gasteiger partial charge in [0.05, 0.1) is 5.56 Å². The summed E-state index contributed by atoms with van der Waals surface area (Å²) in [5, 5.41) is 6.54. The molecule has 0 spiro atoms. The second-order valence-electron chi connectivity index (χ2n) is 7.67. The van der Waals surface area contributed by atoms with Gasteiger partial charge in [-0.25, -0.2) is 4.79 Å². The number of rotatable bonds is 6. The normalized spacial score (nSPS) is 11.1. The zero-order valence-electron chi connectivity index (χ0n) is 17.1. The molecule has 29 heavy (non-hydrogen) atoms. The van der Waals surface area contributed by atoms with Crippen LogP contribution in [0.5, 0.6) is 0 Å². The topological polar surface area (TPSA) is 84.5 Å². The monoisotopic (exact) mass is 436 g/mol. The quantitative estimate of drug-likeness (QED) is 0.654. The van der Waals surface area contributed by atoms with Crippen molar-refractivity contribution in [2.75, 3.05) is 11.9 Å². The molecule has 0 atom stereocenters. The van der Waals surface area contributed by atoms with Gasteiger partial charge in [-0.05, 0) is 37.1 Å². The van der Waals surface area contributed by atoms with Gasteiger partial charge in [-0.1, -0.05) is 44.5 Å². The van der Waals surface area contributed by atoms with Crippen LogP contribution in [0, 0.1) is 19.3 Å². The number of amides is 2. The number of anilines is 1. The Morgan fingerprint density at radius 1 is 1.10 bits per heavy atom. The molecule has 0 bridgehead atoms. The SMILES string of the molecule is Cc1sc(NC(=O)C(C)(C)C)c(C(=O)OCC(=O)NCc2ccc(Cl)cc2)c1C. The van der Waals surface area contributed by atoms with E-state index in [1.165, 1.54) is 11.3 Å². The van der Waals surface area contributed by atoms with E-state index in [0.29, 0.717) is 16.6 Å². The van der Waals surface area contributed by atoms with E-state index in [4.69, 9.17) is 16.3 Å². The van der Waals surface area contributed by atoms with Crippen LogP contribution in [0.4, 0.5) is 5.00 Å². The summed E-state index contributed by atoms with van der Waals surface area (Å²) in [7, 11) is 0. The molecule has 2 aromatic rings. The molecule has 156 valence electrons. The number of nitrogens with one attached hydrogen (secondary N) is 2. The molecule has 0 aliphatic rings. The van der Waals surface area contributed by atoms with E-state index in [-0.39, 0.29) is 11.5 Å². The minimum atomic E-state index is -0.641. The molecule has 6 nitrogen and oxygen atoms in total. The number of benzene rings is 1. The number of esters is 1. The highest BCUT2D eigenvalue weighted by Crippen LogP contribution is 2.34. The molecular weight excluding hydrogens is 412 g/mol. The van der Waals surface area contributed by atoms with E-state index in [9.17, 15) is 14.4 Å².